The molecule has 0 aliphatic rings. The van der Waals surface area contributed by atoms with E-state index in [4.69, 9.17) is 5.73 Å². The van der Waals surface area contributed by atoms with Gasteiger partial charge < -0.3 is 16.0 Å². The zero-order valence-electron chi connectivity index (χ0n) is 11.2. The summed E-state index contributed by atoms with van der Waals surface area (Å²) >= 11 is 0. The predicted molar refractivity (Wildman–Crippen MR) is 68.3 cm³/mol. The molecule has 0 rings (SSSR count). The van der Waals surface area contributed by atoms with Crippen molar-refractivity contribution < 1.29 is 4.79 Å². The van der Waals surface area contributed by atoms with Crippen LogP contribution in [0.2, 0.25) is 0 Å². The zero-order valence-corrected chi connectivity index (χ0v) is 11.2. The van der Waals surface area contributed by atoms with E-state index in [2.05, 4.69) is 24.1 Å². The van der Waals surface area contributed by atoms with Gasteiger partial charge in [0.25, 0.3) is 0 Å². The molecular weight excluding hydrogens is 202 g/mol. The van der Waals surface area contributed by atoms with Crippen LogP contribution in [0.3, 0.4) is 0 Å². The van der Waals surface area contributed by atoms with Crippen molar-refractivity contribution >= 4 is 5.91 Å². The average Bonchev–Trinajstić information content (AvgIpc) is 2.27. The Balaban J connectivity index is 3.84. The molecule has 0 aliphatic carbocycles. The second kappa shape index (κ2) is 7.63. The molecule has 1 atom stereocenters. The van der Waals surface area contributed by atoms with Gasteiger partial charge in [-0.15, -0.1) is 0 Å². The molecule has 1 amide bonds. The lowest BCUT2D eigenvalue weighted by Gasteiger charge is -2.24. The first-order chi connectivity index (χ1) is 7.47. The SMILES string of the molecule is CCCN(CC)CCNC(=O)C(C)(N)CC. The van der Waals surface area contributed by atoms with Crippen LogP contribution in [0.5, 0.6) is 0 Å². The van der Waals surface area contributed by atoms with Crippen molar-refractivity contribution in [2.75, 3.05) is 26.2 Å². The molecule has 3 N–H and O–H groups in total. The summed E-state index contributed by atoms with van der Waals surface area (Å²) in [6.07, 6.45) is 1.80. The van der Waals surface area contributed by atoms with Gasteiger partial charge in [-0.1, -0.05) is 20.8 Å². The van der Waals surface area contributed by atoms with Crippen LogP contribution in [-0.4, -0.2) is 42.5 Å². The highest BCUT2D eigenvalue weighted by Gasteiger charge is 2.25. The fourth-order valence-electron chi connectivity index (χ4n) is 1.43. The summed E-state index contributed by atoms with van der Waals surface area (Å²) in [5.74, 6) is -0.0532. The summed E-state index contributed by atoms with van der Waals surface area (Å²) in [6.45, 7) is 11.7. The monoisotopic (exact) mass is 229 g/mol. The molecule has 0 radical (unpaired) electrons. The highest BCUT2D eigenvalue weighted by Crippen LogP contribution is 2.03. The molecule has 0 heterocycles. The number of carbonyl (C=O) groups excluding carboxylic acids is 1. The number of carbonyl (C=O) groups is 1. The van der Waals surface area contributed by atoms with Crippen LogP contribution in [0, 0.1) is 0 Å². The lowest BCUT2D eigenvalue weighted by Crippen LogP contribution is -2.52. The van der Waals surface area contributed by atoms with Crippen LogP contribution in [0.4, 0.5) is 0 Å². The summed E-state index contributed by atoms with van der Waals surface area (Å²) < 4.78 is 0. The van der Waals surface area contributed by atoms with E-state index in [1.807, 2.05) is 6.92 Å². The van der Waals surface area contributed by atoms with Crippen molar-refractivity contribution in [2.24, 2.45) is 5.73 Å². The molecule has 0 bridgehead atoms. The number of rotatable bonds is 8. The number of likely N-dealkylation sites (N-methyl/N-ethyl adjacent to an activating group) is 1. The van der Waals surface area contributed by atoms with Gasteiger partial charge in [-0.25, -0.2) is 0 Å². The van der Waals surface area contributed by atoms with Gasteiger partial charge in [-0.2, -0.15) is 0 Å². The minimum Gasteiger partial charge on any atom is -0.353 e. The van der Waals surface area contributed by atoms with Gasteiger partial charge >= 0.3 is 0 Å². The summed E-state index contributed by atoms with van der Waals surface area (Å²) in [4.78, 5) is 14.0. The van der Waals surface area contributed by atoms with Crippen molar-refractivity contribution in [3.8, 4) is 0 Å². The first-order valence-electron chi connectivity index (χ1n) is 6.27. The van der Waals surface area contributed by atoms with Crippen molar-refractivity contribution in [1.82, 2.24) is 10.2 Å². The number of hydrogen-bond acceptors (Lipinski definition) is 3. The summed E-state index contributed by atoms with van der Waals surface area (Å²) in [5, 5.41) is 2.89. The van der Waals surface area contributed by atoms with Crippen LogP contribution in [0.1, 0.15) is 40.5 Å². The van der Waals surface area contributed by atoms with Crippen LogP contribution in [-0.2, 0) is 4.79 Å². The summed E-state index contributed by atoms with van der Waals surface area (Å²) in [6, 6.07) is 0. The van der Waals surface area contributed by atoms with E-state index < -0.39 is 5.54 Å². The topological polar surface area (TPSA) is 58.4 Å². The van der Waals surface area contributed by atoms with E-state index in [9.17, 15) is 4.79 Å². The van der Waals surface area contributed by atoms with E-state index in [0.717, 1.165) is 26.1 Å². The minimum absolute atomic E-state index is 0.0532. The second-order valence-electron chi connectivity index (χ2n) is 4.46. The van der Waals surface area contributed by atoms with Gasteiger partial charge in [0, 0.05) is 13.1 Å². The fourth-order valence-corrected chi connectivity index (χ4v) is 1.43. The third kappa shape index (κ3) is 5.47. The van der Waals surface area contributed by atoms with Crippen LogP contribution >= 0.6 is 0 Å². The predicted octanol–water partition coefficient (Wildman–Crippen LogP) is 0.962. The van der Waals surface area contributed by atoms with Gasteiger partial charge in [0.05, 0.1) is 5.54 Å². The summed E-state index contributed by atoms with van der Waals surface area (Å²) in [7, 11) is 0. The Hall–Kier alpha value is -0.610. The van der Waals surface area contributed by atoms with E-state index in [-0.39, 0.29) is 5.91 Å². The molecule has 4 heteroatoms. The maximum Gasteiger partial charge on any atom is 0.239 e. The quantitative estimate of drug-likeness (QED) is 0.652. The smallest absolute Gasteiger partial charge is 0.239 e. The first-order valence-corrected chi connectivity index (χ1v) is 6.27. The Morgan fingerprint density at radius 3 is 2.38 bits per heavy atom. The van der Waals surface area contributed by atoms with E-state index in [1.54, 1.807) is 6.92 Å². The molecule has 0 spiro atoms. The standard InChI is InChI=1S/C12H27N3O/c1-5-9-15(7-3)10-8-14-11(16)12(4,13)6-2/h5-10,13H2,1-4H3,(H,14,16). The van der Waals surface area contributed by atoms with E-state index >= 15 is 0 Å². The van der Waals surface area contributed by atoms with Gasteiger partial charge in [0.15, 0.2) is 0 Å². The Morgan fingerprint density at radius 1 is 1.31 bits per heavy atom. The Bertz CT molecular complexity index is 204. The van der Waals surface area contributed by atoms with Gasteiger partial charge in [0.1, 0.15) is 0 Å². The van der Waals surface area contributed by atoms with Gasteiger partial charge in [0.2, 0.25) is 5.91 Å². The molecule has 0 saturated heterocycles. The molecule has 1 unspecified atom stereocenters. The number of hydrogen-bond donors (Lipinski definition) is 2. The molecular formula is C12H27N3O. The van der Waals surface area contributed by atoms with Crippen molar-refractivity contribution in [1.29, 1.82) is 0 Å². The molecule has 0 aromatic heterocycles. The van der Waals surface area contributed by atoms with E-state index in [1.165, 1.54) is 0 Å². The van der Waals surface area contributed by atoms with Crippen LogP contribution in [0.15, 0.2) is 0 Å². The third-order valence-corrected chi connectivity index (χ3v) is 2.95. The lowest BCUT2D eigenvalue weighted by atomic mass is 10.00. The normalized spacial score (nSPS) is 14.9. The average molecular weight is 229 g/mol. The zero-order chi connectivity index (χ0) is 12.6. The van der Waals surface area contributed by atoms with Crippen LogP contribution < -0.4 is 11.1 Å². The third-order valence-electron chi connectivity index (χ3n) is 2.95. The highest BCUT2D eigenvalue weighted by molar-refractivity contribution is 5.85. The second-order valence-corrected chi connectivity index (χ2v) is 4.46. The van der Waals surface area contributed by atoms with Crippen molar-refractivity contribution in [3.05, 3.63) is 0 Å². The summed E-state index contributed by atoms with van der Waals surface area (Å²) in [5.41, 5.74) is 5.11. The molecule has 16 heavy (non-hydrogen) atoms. The largest absolute Gasteiger partial charge is 0.353 e. The van der Waals surface area contributed by atoms with Crippen molar-refractivity contribution in [3.63, 3.8) is 0 Å². The Morgan fingerprint density at radius 2 is 1.94 bits per heavy atom. The molecule has 0 saturated carbocycles. The highest BCUT2D eigenvalue weighted by atomic mass is 16.2. The fraction of sp³-hybridized carbons (Fsp3) is 0.917. The van der Waals surface area contributed by atoms with E-state index in [0.29, 0.717) is 13.0 Å². The Labute approximate surface area is 99.6 Å². The molecule has 96 valence electrons. The first kappa shape index (κ1) is 15.4. The van der Waals surface area contributed by atoms with Gasteiger partial charge in [-0.05, 0) is 32.9 Å². The molecule has 0 aromatic carbocycles. The van der Waals surface area contributed by atoms with Crippen molar-refractivity contribution in [2.45, 2.75) is 46.1 Å². The lowest BCUT2D eigenvalue weighted by molar-refractivity contribution is -0.125. The minimum atomic E-state index is -0.734. The van der Waals surface area contributed by atoms with Crippen LogP contribution in [0.25, 0.3) is 0 Å². The Kier molecular flexibility index (Phi) is 7.34. The maximum absolute atomic E-state index is 11.7. The number of amides is 1. The number of nitrogens with zero attached hydrogens (tertiary/aromatic N) is 1. The molecule has 4 nitrogen and oxygen atoms in total. The molecule has 0 aromatic rings. The molecule has 0 fully saturated rings. The molecule has 0 aliphatic heterocycles. The number of nitrogens with one attached hydrogen (secondary N) is 1. The number of nitrogens with two attached hydrogens (primary N) is 1. The maximum atomic E-state index is 11.7. The van der Waals surface area contributed by atoms with Gasteiger partial charge in [-0.3, -0.25) is 4.79 Å².